The van der Waals surface area contributed by atoms with Crippen molar-refractivity contribution in [2.24, 2.45) is 5.92 Å². The van der Waals surface area contributed by atoms with Crippen molar-refractivity contribution >= 4 is 0 Å². The van der Waals surface area contributed by atoms with Gasteiger partial charge in [-0.25, -0.2) is 0 Å². The number of ether oxygens (including phenoxy) is 1. The lowest BCUT2D eigenvalue weighted by Gasteiger charge is -2.34. The van der Waals surface area contributed by atoms with E-state index in [1.165, 1.54) is 25.8 Å². The predicted octanol–water partition coefficient (Wildman–Crippen LogP) is 1.73. The molecule has 3 atom stereocenters. The van der Waals surface area contributed by atoms with Crippen LogP contribution in [0.3, 0.4) is 0 Å². The third-order valence-electron chi connectivity index (χ3n) is 3.89. The molecular formula is C13H28N2O. The highest BCUT2D eigenvalue weighted by atomic mass is 16.5. The van der Waals surface area contributed by atoms with Gasteiger partial charge in [0.25, 0.3) is 0 Å². The second kappa shape index (κ2) is 7.25. The van der Waals surface area contributed by atoms with Crippen LogP contribution in [0.2, 0.25) is 0 Å². The minimum absolute atomic E-state index is 0.592. The molecule has 3 heteroatoms. The third-order valence-corrected chi connectivity index (χ3v) is 3.89. The van der Waals surface area contributed by atoms with Gasteiger partial charge in [-0.05, 0) is 46.2 Å². The van der Waals surface area contributed by atoms with Gasteiger partial charge in [0, 0.05) is 25.2 Å². The number of rotatable bonds is 6. The molecule has 0 aromatic carbocycles. The summed E-state index contributed by atoms with van der Waals surface area (Å²) in [5, 5.41) is 3.40. The van der Waals surface area contributed by atoms with E-state index in [9.17, 15) is 0 Å². The van der Waals surface area contributed by atoms with E-state index in [2.05, 4.69) is 38.2 Å². The highest BCUT2D eigenvalue weighted by molar-refractivity contribution is 4.79. The summed E-state index contributed by atoms with van der Waals surface area (Å²) in [4.78, 5) is 2.48. The van der Waals surface area contributed by atoms with Crippen LogP contribution in [-0.4, -0.2) is 50.8 Å². The molecular weight excluding hydrogens is 200 g/mol. The summed E-state index contributed by atoms with van der Waals surface area (Å²) in [6.07, 6.45) is 3.74. The van der Waals surface area contributed by atoms with E-state index >= 15 is 0 Å². The van der Waals surface area contributed by atoms with E-state index in [0.717, 1.165) is 19.1 Å². The third kappa shape index (κ3) is 4.04. The standard InChI is InChI=1S/C13H28N2O/c1-5-13(14-3)11(2)15(4)9-12-7-6-8-16-10-12/h11-14H,5-10H2,1-4H3. The molecule has 3 nitrogen and oxygen atoms in total. The van der Waals surface area contributed by atoms with E-state index < -0.39 is 0 Å². The Morgan fingerprint density at radius 2 is 2.25 bits per heavy atom. The predicted molar refractivity (Wildman–Crippen MR) is 68.8 cm³/mol. The number of hydrogen-bond acceptors (Lipinski definition) is 3. The van der Waals surface area contributed by atoms with E-state index in [1.54, 1.807) is 0 Å². The summed E-state index contributed by atoms with van der Waals surface area (Å²) < 4.78 is 5.53. The number of hydrogen-bond donors (Lipinski definition) is 1. The summed E-state index contributed by atoms with van der Waals surface area (Å²) in [7, 11) is 4.29. The lowest BCUT2D eigenvalue weighted by atomic mass is 9.99. The lowest BCUT2D eigenvalue weighted by Crippen LogP contribution is -2.47. The van der Waals surface area contributed by atoms with Gasteiger partial charge in [0.05, 0.1) is 6.61 Å². The maximum absolute atomic E-state index is 5.53. The van der Waals surface area contributed by atoms with Crippen LogP contribution in [-0.2, 0) is 4.74 Å². The van der Waals surface area contributed by atoms with Crippen molar-refractivity contribution in [1.29, 1.82) is 0 Å². The van der Waals surface area contributed by atoms with Crippen LogP contribution in [0.5, 0.6) is 0 Å². The maximum Gasteiger partial charge on any atom is 0.0506 e. The molecule has 0 bridgehead atoms. The molecule has 16 heavy (non-hydrogen) atoms. The summed E-state index contributed by atoms with van der Waals surface area (Å²) in [6.45, 7) is 7.64. The number of nitrogens with zero attached hydrogens (tertiary/aromatic N) is 1. The zero-order chi connectivity index (χ0) is 12.0. The first-order valence-electron chi connectivity index (χ1n) is 6.64. The van der Waals surface area contributed by atoms with E-state index in [1.807, 2.05) is 0 Å². The first-order chi connectivity index (χ1) is 7.69. The van der Waals surface area contributed by atoms with Gasteiger partial charge >= 0.3 is 0 Å². The average molecular weight is 228 g/mol. The molecule has 1 aliphatic heterocycles. The zero-order valence-corrected chi connectivity index (χ0v) is 11.3. The Morgan fingerprint density at radius 1 is 1.50 bits per heavy atom. The molecule has 1 aliphatic rings. The summed E-state index contributed by atoms with van der Waals surface area (Å²) in [5.74, 6) is 0.732. The van der Waals surface area contributed by atoms with Crippen LogP contribution in [0.15, 0.2) is 0 Å². The second-order valence-electron chi connectivity index (χ2n) is 5.07. The molecule has 1 fully saturated rings. The van der Waals surface area contributed by atoms with Crippen molar-refractivity contribution in [1.82, 2.24) is 10.2 Å². The van der Waals surface area contributed by atoms with Crippen molar-refractivity contribution in [3.05, 3.63) is 0 Å². The summed E-state index contributed by atoms with van der Waals surface area (Å²) in [5.41, 5.74) is 0. The quantitative estimate of drug-likeness (QED) is 0.749. The molecule has 1 heterocycles. The van der Waals surface area contributed by atoms with Crippen molar-refractivity contribution in [2.45, 2.75) is 45.2 Å². The Labute approximate surface area is 101 Å². The van der Waals surface area contributed by atoms with Gasteiger partial charge in [0.1, 0.15) is 0 Å². The Kier molecular flexibility index (Phi) is 6.32. The molecule has 3 unspecified atom stereocenters. The van der Waals surface area contributed by atoms with Crippen molar-refractivity contribution in [3.8, 4) is 0 Å². The molecule has 96 valence electrons. The lowest BCUT2D eigenvalue weighted by molar-refractivity contribution is 0.0346. The minimum Gasteiger partial charge on any atom is -0.381 e. The Balaban J connectivity index is 2.34. The van der Waals surface area contributed by atoms with Gasteiger partial charge in [-0.1, -0.05) is 6.92 Å². The van der Waals surface area contributed by atoms with Gasteiger partial charge in [-0.3, -0.25) is 0 Å². The maximum atomic E-state index is 5.53. The normalized spacial score (nSPS) is 25.7. The fraction of sp³-hybridized carbons (Fsp3) is 1.00. The molecule has 1 rings (SSSR count). The SMILES string of the molecule is CCC(NC)C(C)N(C)CC1CCCOC1. The van der Waals surface area contributed by atoms with Crippen molar-refractivity contribution in [3.63, 3.8) is 0 Å². The number of likely N-dealkylation sites (N-methyl/N-ethyl adjacent to an activating group) is 2. The highest BCUT2D eigenvalue weighted by Crippen LogP contribution is 2.16. The molecule has 0 saturated carbocycles. The van der Waals surface area contributed by atoms with Crippen LogP contribution in [0.4, 0.5) is 0 Å². The fourth-order valence-electron chi connectivity index (χ4n) is 2.62. The minimum atomic E-state index is 0.592. The fourth-order valence-corrected chi connectivity index (χ4v) is 2.62. The van der Waals surface area contributed by atoms with Crippen molar-refractivity contribution in [2.75, 3.05) is 33.9 Å². The Morgan fingerprint density at radius 3 is 2.75 bits per heavy atom. The smallest absolute Gasteiger partial charge is 0.0506 e. The van der Waals surface area contributed by atoms with Gasteiger partial charge in [-0.2, -0.15) is 0 Å². The summed E-state index contributed by atoms with van der Waals surface area (Å²) >= 11 is 0. The van der Waals surface area contributed by atoms with Crippen LogP contribution >= 0.6 is 0 Å². The molecule has 1 saturated heterocycles. The van der Waals surface area contributed by atoms with E-state index in [0.29, 0.717) is 12.1 Å². The van der Waals surface area contributed by atoms with Gasteiger partial charge in [0.2, 0.25) is 0 Å². The van der Waals surface area contributed by atoms with Gasteiger partial charge in [-0.15, -0.1) is 0 Å². The zero-order valence-electron chi connectivity index (χ0n) is 11.3. The topological polar surface area (TPSA) is 24.5 Å². The molecule has 0 spiro atoms. The first-order valence-corrected chi connectivity index (χ1v) is 6.64. The van der Waals surface area contributed by atoms with Crippen molar-refractivity contribution < 1.29 is 4.74 Å². The van der Waals surface area contributed by atoms with Gasteiger partial charge < -0.3 is 15.0 Å². The molecule has 0 amide bonds. The highest BCUT2D eigenvalue weighted by Gasteiger charge is 2.22. The molecule has 0 aliphatic carbocycles. The van der Waals surface area contributed by atoms with E-state index in [-0.39, 0.29) is 0 Å². The van der Waals surface area contributed by atoms with Crippen LogP contribution in [0.25, 0.3) is 0 Å². The van der Waals surface area contributed by atoms with E-state index in [4.69, 9.17) is 4.74 Å². The number of nitrogens with one attached hydrogen (secondary N) is 1. The van der Waals surface area contributed by atoms with Crippen LogP contribution < -0.4 is 5.32 Å². The second-order valence-corrected chi connectivity index (χ2v) is 5.07. The Bertz CT molecular complexity index is 177. The van der Waals surface area contributed by atoms with Crippen LogP contribution in [0.1, 0.15) is 33.1 Å². The molecule has 1 N–H and O–H groups in total. The summed E-state index contributed by atoms with van der Waals surface area (Å²) in [6, 6.07) is 1.19. The largest absolute Gasteiger partial charge is 0.381 e. The van der Waals surface area contributed by atoms with Crippen LogP contribution in [0, 0.1) is 5.92 Å². The molecule has 0 radical (unpaired) electrons. The molecule has 0 aromatic heterocycles. The Hall–Kier alpha value is -0.120. The monoisotopic (exact) mass is 228 g/mol. The van der Waals surface area contributed by atoms with Gasteiger partial charge in [0.15, 0.2) is 0 Å². The molecule has 0 aromatic rings. The first kappa shape index (κ1) is 13.9. The average Bonchev–Trinajstić information content (AvgIpc) is 2.31.